The number of hydrogen-bond donors (Lipinski definition) is 3. The van der Waals surface area contributed by atoms with Crippen molar-refractivity contribution >= 4 is 0 Å². The van der Waals surface area contributed by atoms with Gasteiger partial charge in [-0.3, -0.25) is 4.98 Å². The van der Waals surface area contributed by atoms with Crippen LogP contribution in [0.15, 0.2) is 18.3 Å². The van der Waals surface area contributed by atoms with E-state index in [1.165, 1.54) is 6.20 Å². The van der Waals surface area contributed by atoms with Gasteiger partial charge in [-0.1, -0.05) is 6.07 Å². The van der Waals surface area contributed by atoms with E-state index in [9.17, 15) is 5.11 Å². The maximum Gasteiger partial charge on any atom is 0.109 e. The second-order valence-electron chi connectivity index (χ2n) is 2.93. The smallest absolute Gasteiger partial charge is 0.109 e. The fraction of sp³-hybridized carbons (Fsp3) is 0.444. The van der Waals surface area contributed by atoms with Crippen LogP contribution in [0.2, 0.25) is 0 Å². The summed E-state index contributed by atoms with van der Waals surface area (Å²) < 4.78 is 0. The molecule has 0 aliphatic heterocycles. The summed E-state index contributed by atoms with van der Waals surface area (Å²) in [6.07, 6.45) is -0.735. The van der Waals surface area contributed by atoms with E-state index in [1.54, 1.807) is 12.1 Å². The van der Waals surface area contributed by atoms with Crippen LogP contribution in [0.25, 0.3) is 0 Å². The zero-order valence-corrected chi connectivity index (χ0v) is 7.38. The summed E-state index contributed by atoms with van der Waals surface area (Å²) in [5, 5.41) is 27.1. The van der Waals surface area contributed by atoms with Crippen LogP contribution in [0, 0.1) is 6.92 Å². The molecule has 1 heterocycles. The zero-order chi connectivity index (χ0) is 9.84. The Morgan fingerprint density at radius 3 is 2.54 bits per heavy atom. The van der Waals surface area contributed by atoms with Crippen LogP contribution in [-0.4, -0.2) is 33.0 Å². The third-order valence-electron chi connectivity index (χ3n) is 1.83. The van der Waals surface area contributed by atoms with Crippen LogP contribution in [0.1, 0.15) is 17.4 Å². The molecule has 0 bridgehead atoms. The molecule has 0 aliphatic rings. The lowest BCUT2D eigenvalue weighted by atomic mass is 10.1. The number of pyridine rings is 1. The molecule has 72 valence electrons. The van der Waals surface area contributed by atoms with Gasteiger partial charge in [0.1, 0.15) is 12.2 Å². The molecule has 4 nitrogen and oxygen atoms in total. The van der Waals surface area contributed by atoms with Crippen LogP contribution < -0.4 is 0 Å². The van der Waals surface area contributed by atoms with Gasteiger partial charge in [-0.2, -0.15) is 0 Å². The minimum atomic E-state index is -1.15. The number of aromatic nitrogens is 1. The number of aryl methyl sites for hydroxylation is 1. The lowest BCUT2D eigenvalue weighted by Gasteiger charge is -2.15. The Morgan fingerprint density at radius 2 is 2.08 bits per heavy atom. The highest BCUT2D eigenvalue weighted by Gasteiger charge is 2.16. The molecule has 2 atom stereocenters. The quantitative estimate of drug-likeness (QED) is 0.605. The Morgan fingerprint density at radius 1 is 1.38 bits per heavy atom. The van der Waals surface area contributed by atoms with Gasteiger partial charge < -0.3 is 15.3 Å². The van der Waals surface area contributed by atoms with E-state index in [1.807, 2.05) is 6.92 Å². The number of rotatable bonds is 3. The molecule has 3 N–H and O–H groups in total. The average molecular weight is 183 g/mol. The van der Waals surface area contributed by atoms with Crippen molar-refractivity contribution in [2.45, 2.75) is 19.1 Å². The van der Waals surface area contributed by atoms with Crippen molar-refractivity contribution in [3.05, 3.63) is 29.6 Å². The fourth-order valence-electron chi connectivity index (χ4n) is 0.976. The van der Waals surface area contributed by atoms with E-state index in [2.05, 4.69) is 4.98 Å². The number of nitrogens with zero attached hydrogens (tertiary/aromatic N) is 1. The molecule has 0 fully saturated rings. The number of hydrogen-bond acceptors (Lipinski definition) is 4. The van der Waals surface area contributed by atoms with E-state index < -0.39 is 18.8 Å². The van der Waals surface area contributed by atoms with Crippen molar-refractivity contribution in [2.75, 3.05) is 6.61 Å². The van der Waals surface area contributed by atoms with E-state index in [-0.39, 0.29) is 0 Å². The van der Waals surface area contributed by atoms with Crippen molar-refractivity contribution in [1.29, 1.82) is 0 Å². The Bertz CT molecular complexity index is 260. The van der Waals surface area contributed by atoms with Crippen molar-refractivity contribution in [3.8, 4) is 0 Å². The van der Waals surface area contributed by atoms with E-state index in [4.69, 9.17) is 10.2 Å². The van der Waals surface area contributed by atoms with Gasteiger partial charge in [-0.15, -0.1) is 0 Å². The Hall–Kier alpha value is -0.970. The Balaban J connectivity index is 2.77. The summed E-state index contributed by atoms with van der Waals surface area (Å²) in [7, 11) is 0. The SMILES string of the molecule is Cc1ccc(C(O)C(O)CO)cn1. The summed E-state index contributed by atoms with van der Waals surface area (Å²) in [6.45, 7) is 1.37. The van der Waals surface area contributed by atoms with Crippen molar-refractivity contribution < 1.29 is 15.3 Å². The maximum absolute atomic E-state index is 9.43. The van der Waals surface area contributed by atoms with Gasteiger partial charge in [0, 0.05) is 17.5 Å². The molecule has 0 aliphatic carbocycles. The zero-order valence-electron chi connectivity index (χ0n) is 7.38. The van der Waals surface area contributed by atoms with Gasteiger partial charge in [0.25, 0.3) is 0 Å². The predicted molar refractivity (Wildman–Crippen MR) is 47.0 cm³/mol. The molecular formula is C9H13NO3. The second-order valence-corrected chi connectivity index (χ2v) is 2.93. The van der Waals surface area contributed by atoms with Crippen molar-refractivity contribution in [1.82, 2.24) is 4.98 Å². The summed E-state index contributed by atoms with van der Waals surface area (Å²) in [6, 6.07) is 3.41. The number of aliphatic hydroxyl groups excluding tert-OH is 3. The first-order valence-corrected chi connectivity index (χ1v) is 4.04. The van der Waals surface area contributed by atoms with Gasteiger partial charge in [0.05, 0.1) is 6.61 Å². The summed E-state index contributed by atoms with van der Waals surface area (Å²) in [5.41, 5.74) is 1.35. The van der Waals surface area contributed by atoms with Crippen LogP contribution in [-0.2, 0) is 0 Å². The van der Waals surface area contributed by atoms with Gasteiger partial charge in [-0.25, -0.2) is 0 Å². The largest absolute Gasteiger partial charge is 0.394 e. The molecule has 1 rings (SSSR count). The van der Waals surface area contributed by atoms with Crippen LogP contribution >= 0.6 is 0 Å². The molecule has 1 aromatic rings. The first-order chi connectivity index (χ1) is 6.15. The van der Waals surface area contributed by atoms with Crippen LogP contribution in [0.5, 0.6) is 0 Å². The summed E-state index contributed by atoms with van der Waals surface area (Å²) in [5.74, 6) is 0. The molecule has 0 spiro atoms. The van der Waals surface area contributed by atoms with E-state index in [0.717, 1.165) is 5.69 Å². The summed E-state index contributed by atoms with van der Waals surface area (Å²) in [4.78, 5) is 3.96. The molecule has 2 unspecified atom stereocenters. The monoisotopic (exact) mass is 183 g/mol. The van der Waals surface area contributed by atoms with Crippen molar-refractivity contribution in [2.24, 2.45) is 0 Å². The lowest BCUT2D eigenvalue weighted by molar-refractivity contribution is -0.0154. The maximum atomic E-state index is 9.43. The van der Waals surface area contributed by atoms with Gasteiger partial charge in [0.2, 0.25) is 0 Å². The first kappa shape index (κ1) is 10.1. The number of aliphatic hydroxyl groups is 3. The third kappa shape index (κ3) is 2.48. The van der Waals surface area contributed by atoms with Crippen LogP contribution in [0.4, 0.5) is 0 Å². The molecular weight excluding hydrogens is 170 g/mol. The van der Waals surface area contributed by atoms with E-state index >= 15 is 0 Å². The molecule has 0 aromatic carbocycles. The molecule has 0 radical (unpaired) electrons. The molecule has 0 saturated heterocycles. The fourth-order valence-corrected chi connectivity index (χ4v) is 0.976. The minimum Gasteiger partial charge on any atom is -0.394 e. The topological polar surface area (TPSA) is 73.6 Å². The first-order valence-electron chi connectivity index (χ1n) is 4.04. The van der Waals surface area contributed by atoms with E-state index in [0.29, 0.717) is 5.56 Å². The molecule has 0 amide bonds. The van der Waals surface area contributed by atoms with Gasteiger partial charge in [0.15, 0.2) is 0 Å². The Kier molecular flexibility index (Phi) is 3.36. The highest BCUT2D eigenvalue weighted by Crippen LogP contribution is 2.15. The molecule has 0 saturated carbocycles. The highest BCUT2D eigenvalue weighted by molar-refractivity contribution is 5.16. The van der Waals surface area contributed by atoms with Gasteiger partial charge in [-0.05, 0) is 13.0 Å². The third-order valence-corrected chi connectivity index (χ3v) is 1.83. The summed E-state index contributed by atoms with van der Waals surface area (Å²) >= 11 is 0. The standard InChI is InChI=1S/C9H13NO3/c1-6-2-3-7(4-10-6)9(13)8(12)5-11/h2-4,8-9,11-13H,5H2,1H3. The average Bonchev–Trinajstić information content (AvgIpc) is 2.17. The predicted octanol–water partition coefficient (Wildman–Crippen LogP) is -0.223. The molecule has 4 heteroatoms. The van der Waals surface area contributed by atoms with Gasteiger partial charge >= 0.3 is 0 Å². The van der Waals surface area contributed by atoms with Crippen molar-refractivity contribution in [3.63, 3.8) is 0 Å². The normalized spacial score (nSPS) is 15.4. The molecule has 1 aromatic heterocycles. The lowest BCUT2D eigenvalue weighted by Crippen LogP contribution is -2.22. The second kappa shape index (κ2) is 4.32. The highest BCUT2D eigenvalue weighted by atomic mass is 16.4. The minimum absolute atomic E-state index is 0.463. The molecule has 13 heavy (non-hydrogen) atoms. The Labute approximate surface area is 76.5 Å². The van der Waals surface area contributed by atoms with Crippen LogP contribution in [0.3, 0.4) is 0 Å².